The summed E-state index contributed by atoms with van der Waals surface area (Å²) in [5.74, 6) is 0. The molecule has 2 aliphatic rings. The summed E-state index contributed by atoms with van der Waals surface area (Å²) in [7, 11) is 0. The largest absolute Gasteiger partial charge is 0.377 e. The molecule has 0 aromatic rings. The Balaban J connectivity index is 1.71. The van der Waals surface area contributed by atoms with Crippen LogP contribution in [0.4, 0.5) is 0 Å². The predicted octanol–water partition coefficient (Wildman–Crippen LogP) is 2.15. The van der Waals surface area contributed by atoms with Gasteiger partial charge in [0.2, 0.25) is 0 Å². The van der Waals surface area contributed by atoms with E-state index in [1.54, 1.807) is 0 Å². The summed E-state index contributed by atoms with van der Waals surface area (Å²) in [4.78, 5) is 2.55. The summed E-state index contributed by atoms with van der Waals surface area (Å²) >= 11 is 0. The molecule has 1 aliphatic carbocycles. The maximum Gasteiger partial charge on any atom is 0.0702 e. The van der Waals surface area contributed by atoms with Crippen molar-refractivity contribution in [1.82, 2.24) is 4.90 Å². The SMILES string of the molecule is CCOC1CCCN(CCC2(N)CCCC2)C1. The van der Waals surface area contributed by atoms with Crippen LogP contribution < -0.4 is 5.73 Å². The molecule has 2 rings (SSSR count). The Kier molecular flexibility index (Phi) is 4.83. The monoisotopic (exact) mass is 240 g/mol. The topological polar surface area (TPSA) is 38.5 Å². The van der Waals surface area contributed by atoms with Gasteiger partial charge in [0.25, 0.3) is 0 Å². The third-order valence-corrected chi connectivity index (χ3v) is 4.39. The number of ether oxygens (including phenoxy) is 1. The van der Waals surface area contributed by atoms with E-state index in [0.717, 1.165) is 13.2 Å². The Morgan fingerprint density at radius 3 is 2.76 bits per heavy atom. The number of hydrogen-bond acceptors (Lipinski definition) is 3. The maximum absolute atomic E-state index is 6.41. The molecular weight excluding hydrogens is 212 g/mol. The van der Waals surface area contributed by atoms with Gasteiger partial charge in [-0.05, 0) is 52.1 Å². The van der Waals surface area contributed by atoms with Crippen molar-refractivity contribution in [3.8, 4) is 0 Å². The van der Waals surface area contributed by atoms with Gasteiger partial charge in [-0.15, -0.1) is 0 Å². The van der Waals surface area contributed by atoms with Crippen LogP contribution in [0.5, 0.6) is 0 Å². The molecule has 1 unspecified atom stereocenters. The van der Waals surface area contributed by atoms with E-state index >= 15 is 0 Å². The molecule has 3 nitrogen and oxygen atoms in total. The molecule has 100 valence electrons. The molecule has 1 saturated carbocycles. The van der Waals surface area contributed by atoms with Crippen LogP contribution in [0.15, 0.2) is 0 Å². The molecule has 0 aromatic carbocycles. The van der Waals surface area contributed by atoms with Crippen molar-refractivity contribution >= 4 is 0 Å². The molecule has 0 radical (unpaired) electrons. The normalized spacial score (nSPS) is 29.6. The number of piperidine rings is 1. The molecule has 1 heterocycles. The lowest BCUT2D eigenvalue weighted by molar-refractivity contribution is 0.00421. The summed E-state index contributed by atoms with van der Waals surface area (Å²) in [5.41, 5.74) is 6.56. The van der Waals surface area contributed by atoms with E-state index in [1.807, 2.05) is 0 Å². The van der Waals surface area contributed by atoms with Gasteiger partial charge < -0.3 is 15.4 Å². The number of nitrogens with two attached hydrogens (primary N) is 1. The zero-order valence-electron chi connectivity index (χ0n) is 11.3. The molecule has 17 heavy (non-hydrogen) atoms. The Bertz CT molecular complexity index is 224. The highest BCUT2D eigenvalue weighted by Crippen LogP contribution is 2.30. The number of rotatable bonds is 5. The lowest BCUT2D eigenvalue weighted by Gasteiger charge is -2.34. The van der Waals surface area contributed by atoms with Crippen LogP contribution in [0.1, 0.15) is 51.9 Å². The summed E-state index contributed by atoms with van der Waals surface area (Å²) in [6.07, 6.45) is 9.28. The minimum absolute atomic E-state index is 0.151. The Morgan fingerprint density at radius 1 is 1.29 bits per heavy atom. The van der Waals surface area contributed by atoms with Crippen molar-refractivity contribution in [1.29, 1.82) is 0 Å². The van der Waals surface area contributed by atoms with Crippen LogP contribution in [0.2, 0.25) is 0 Å². The highest BCUT2D eigenvalue weighted by Gasteiger charge is 2.30. The van der Waals surface area contributed by atoms with Crippen molar-refractivity contribution in [2.45, 2.75) is 63.5 Å². The molecular formula is C14H28N2O. The van der Waals surface area contributed by atoms with Crippen molar-refractivity contribution in [3.63, 3.8) is 0 Å². The number of nitrogens with zero attached hydrogens (tertiary/aromatic N) is 1. The van der Waals surface area contributed by atoms with E-state index in [2.05, 4.69) is 11.8 Å². The predicted molar refractivity (Wildman–Crippen MR) is 71.1 cm³/mol. The summed E-state index contributed by atoms with van der Waals surface area (Å²) in [6, 6.07) is 0. The zero-order chi connectivity index (χ0) is 12.1. The van der Waals surface area contributed by atoms with Gasteiger partial charge in [-0.3, -0.25) is 0 Å². The molecule has 1 atom stereocenters. The second-order valence-electron chi connectivity index (χ2n) is 5.84. The molecule has 0 aromatic heterocycles. The average Bonchev–Trinajstić information content (AvgIpc) is 2.76. The van der Waals surface area contributed by atoms with Gasteiger partial charge in [0.05, 0.1) is 6.10 Å². The van der Waals surface area contributed by atoms with E-state index in [4.69, 9.17) is 10.5 Å². The maximum atomic E-state index is 6.41. The van der Waals surface area contributed by atoms with Crippen LogP contribution in [-0.2, 0) is 4.74 Å². The van der Waals surface area contributed by atoms with Crippen molar-refractivity contribution in [3.05, 3.63) is 0 Å². The first kappa shape index (κ1) is 13.3. The smallest absolute Gasteiger partial charge is 0.0702 e. The van der Waals surface area contributed by atoms with E-state index in [1.165, 1.54) is 58.0 Å². The summed E-state index contributed by atoms with van der Waals surface area (Å²) < 4.78 is 5.74. The molecule has 0 bridgehead atoms. The van der Waals surface area contributed by atoms with Gasteiger partial charge in [-0.25, -0.2) is 0 Å². The minimum atomic E-state index is 0.151. The Morgan fingerprint density at radius 2 is 2.06 bits per heavy atom. The fourth-order valence-corrected chi connectivity index (χ4v) is 3.30. The van der Waals surface area contributed by atoms with Gasteiger partial charge in [-0.1, -0.05) is 12.8 Å². The van der Waals surface area contributed by atoms with E-state index in [9.17, 15) is 0 Å². The first-order valence-corrected chi connectivity index (χ1v) is 7.35. The van der Waals surface area contributed by atoms with Crippen molar-refractivity contribution in [2.24, 2.45) is 5.73 Å². The van der Waals surface area contributed by atoms with Crippen LogP contribution in [0.25, 0.3) is 0 Å². The number of hydrogen-bond donors (Lipinski definition) is 1. The molecule has 3 heteroatoms. The van der Waals surface area contributed by atoms with Gasteiger partial charge in [0.1, 0.15) is 0 Å². The van der Waals surface area contributed by atoms with E-state index < -0.39 is 0 Å². The van der Waals surface area contributed by atoms with Gasteiger partial charge in [0.15, 0.2) is 0 Å². The Labute approximate surface area is 106 Å². The molecule has 1 saturated heterocycles. The lowest BCUT2D eigenvalue weighted by Crippen LogP contribution is -2.45. The van der Waals surface area contributed by atoms with Gasteiger partial charge in [0, 0.05) is 18.7 Å². The quantitative estimate of drug-likeness (QED) is 0.800. The molecule has 2 fully saturated rings. The fourth-order valence-electron chi connectivity index (χ4n) is 3.30. The average molecular weight is 240 g/mol. The Hall–Kier alpha value is -0.120. The molecule has 0 amide bonds. The second-order valence-corrected chi connectivity index (χ2v) is 5.84. The minimum Gasteiger partial charge on any atom is -0.377 e. The van der Waals surface area contributed by atoms with Crippen molar-refractivity contribution in [2.75, 3.05) is 26.2 Å². The molecule has 1 aliphatic heterocycles. The van der Waals surface area contributed by atoms with Crippen LogP contribution >= 0.6 is 0 Å². The molecule has 2 N–H and O–H groups in total. The van der Waals surface area contributed by atoms with E-state index in [-0.39, 0.29) is 5.54 Å². The third kappa shape index (κ3) is 3.94. The lowest BCUT2D eigenvalue weighted by atomic mass is 9.94. The van der Waals surface area contributed by atoms with Crippen molar-refractivity contribution < 1.29 is 4.74 Å². The summed E-state index contributed by atoms with van der Waals surface area (Å²) in [5, 5.41) is 0. The van der Waals surface area contributed by atoms with Gasteiger partial charge in [-0.2, -0.15) is 0 Å². The first-order valence-electron chi connectivity index (χ1n) is 7.35. The second kappa shape index (κ2) is 6.17. The summed E-state index contributed by atoms with van der Waals surface area (Å²) in [6.45, 7) is 6.45. The highest BCUT2D eigenvalue weighted by molar-refractivity contribution is 4.90. The highest BCUT2D eigenvalue weighted by atomic mass is 16.5. The first-order chi connectivity index (χ1) is 8.22. The van der Waals surface area contributed by atoms with Gasteiger partial charge >= 0.3 is 0 Å². The third-order valence-electron chi connectivity index (χ3n) is 4.39. The zero-order valence-corrected chi connectivity index (χ0v) is 11.3. The standard InChI is InChI=1S/C14H28N2O/c1-2-17-13-6-5-10-16(12-13)11-9-14(15)7-3-4-8-14/h13H,2-12,15H2,1H3. The van der Waals surface area contributed by atoms with Crippen LogP contribution in [0.3, 0.4) is 0 Å². The van der Waals surface area contributed by atoms with Crippen LogP contribution in [0, 0.1) is 0 Å². The number of likely N-dealkylation sites (tertiary alicyclic amines) is 1. The fraction of sp³-hybridized carbons (Fsp3) is 1.00. The van der Waals surface area contributed by atoms with E-state index in [0.29, 0.717) is 6.10 Å². The van der Waals surface area contributed by atoms with Crippen LogP contribution in [-0.4, -0.2) is 42.8 Å². The molecule has 0 spiro atoms.